The van der Waals surface area contributed by atoms with Crippen molar-refractivity contribution in [2.75, 3.05) is 20.1 Å². The van der Waals surface area contributed by atoms with Gasteiger partial charge in [-0.25, -0.2) is 0 Å². The van der Waals surface area contributed by atoms with Gasteiger partial charge in [0.2, 0.25) is 0 Å². The number of likely N-dealkylation sites (N-methyl/N-ethyl adjacent to an activating group) is 1. The number of nitrogens with zero attached hydrogens (tertiary/aromatic N) is 3. The van der Waals surface area contributed by atoms with Crippen LogP contribution in [0.25, 0.3) is 10.9 Å². The molecule has 28 heavy (non-hydrogen) atoms. The fraction of sp³-hybridized carbons (Fsp3) is 0.550. The molecule has 3 heterocycles. The molecule has 0 unspecified atom stereocenters. The van der Waals surface area contributed by atoms with E-state index in [4.69, 9.17) is 14.6 Å². The van der Waals surface area contributed by atoms with Gasteiger partial charge in [0.15, 0.2) is 5.69 Å². The Balaban J connectivity index is 0.000000604. The first-order valence-electron chi connectivity index (χ1n) is 9.84. The molecule has 1 aliphatic carbocycles. The first kappa shape index (κ1) is 18.7. The van der Waals surface area contributed by atoms with E-state index in [2.05, 4.69) is 22.1 Å². The van der Waals surface area contributed by atoms with Crippen LogP contribution in [-0.2, 0) is 4.79 Å². The summed E-state index contributed by atoms with van der Waals surface area (Å²) in [5.74, 6) is 0.891. The third kappa shape index (κ3) is 3.44. The number of aromatic nitrogens is 2. The van der Waals surface area contributed by atoms with E-state index >= 15 is 0 Å². The zero-order chi connectivity index (χ0) is 19.7. The van der Waals surface area contributed by atoms with Crippen LogP contribution in [0, 0.1) is 0 Å². The van der Waals surface area contributed by atoms with E-state index in [1.54, 1.807) is 0 Å². The Hall–Kier alpha value is -2.61. The van der Waals surface area contributed by atoms with Crippen LogP contribution in [0.3, 0.4) is 0 Å². The van der Waals surface area contributed by atoms with Crippen LogP contribution >= 0.6 is 0 Å². The third-order valence-electron chi connectivity index (χ3n) is 6.12. The van der Waals surface area contributed by atoms with Crippen LogP contribution in [-0.4, -0.2) is 75.8 Å². The molecule has 2 aromatic rings. The average Bonchev–Trinajstić information content (AvgIpc) is 3.45. The molecule has 1 aromatic heterocycles. The zero-order valence-corrected chi connectivity index (χ0v) is 16.0. The summed E-state index contributed by atoms with van der Waals surface area (Å²) < 4.78 is 6.10. The number of carbonyl (C=O) groups excluding carboxylic acids is 1. The van der Waals surface area contributed by atoms with E-state index in [0.29, 0.717) is 23.9 Å². The van der Waals surface area contributed by atoms with Crippen LogP contribution in [0.15, 0.2) is 18.2 Å². The third-order valence-corrected chi connectivity index (χ3v) is 6.12. The van der Waals surface area contributed by atoms with Gasteiger partial charge in [-0.2, -0.15) is 5.10 Å². The lowest BCUT2D eigenvalue weighted by molar-refractivity contribution is -0.122. The van der Waals surface area contributed by atoms with Crippen LogP contribution in [0.1, 0.15) is 42.6 Å². The maximum absolute atomic E-state index is 13.1. The Morgan fingerprint density at radius 3 is 2.68 bits per heavy atom. The van der Waals surface area contributed by atoms with Gasteiger partial charge in [-0.15, -0.1) is 0 Å². The molecule has 3 fully saturated rings. The largest absolute Gasteiger partial charge is 0.490 e. The van der Waals surface area contributed by atoms with Crippen LogP contribution < -0.4 is 4.74 Å². The summed E-state index contributed by atoms with van der Waals surface area (Å²) >= 11 is 0. The Kier molecular flexibility index (Phi) is 5.21. The highest BCUT2D eigenvalue weighted by molar-refractivity contribution is 6.05. The minimum absolute atomic E-state index is 0.0462. The van der Waals surface area contributed by atoms with Gasteiger partial charge in [-0.05, 0) is 57.4 Å². The molecule has 1 saturated carbocycles. The fourth-order valence-corrected chi connectivity index (χ4v) is 4.68. The molecule has 5 rings (SSSR count). The van der Waals surface area contributed by atoms with Crippen LogP contribution in [0.4, 0.5) is 0 Å². The Bertz CT molecular complexity index is 859. The van der Waals surface area contributed by atoms with Gasteiger partial charge in [0, 0.05) is 30.6 Å². The number of amides is 1. The number of carboxylic acid groups (broad SMARTS) is 1. The van der Waals surface area contributed by atoms with Crippen molar-refractivity contribution >= 4 is 23.3 Å². The first-order valence-corrected chi connectivity index (χ1v) is 9.84. The van der Waals surface area contributed by atoms with Crippen molar-refractivity contribution in [3.63, 3.8) is 0 Å². The van der Waals surface area contributed by atoms with Crippen molar-refractivity contribution < 1.29 is 19.4 Å². The van der Waals surface area contributed by atoms with E-state index in [1.807, 2.05) is 23.1 Å². The highest BCUT2D eigenvalue weighted by Crippen LogP contribution is 2.32. The van der Waals surface area contributed by atoms with Crippen molar-refractivity contribution in [3.05, 3.63) is 23.9 Å². The second kappa shape index (κ2) is 7.79. The van der Waals surface area contributed by atoms with Crippen LogP contribution in [0.5, 0.6) is 5.75 Å². The molecule has 0 radical (unpaired) electrons. The summed E-state index contributed by atoms with van der Waals surface area (Å²) in [4.78, 5) is 25.8. The molecule has 150 valence electrons. The van der Waals surface area contributed by atoms with Gasteiger partial charge in [0.05, 0.1) is 11.6 Å². The van der Waals surface area contributed by atoms with Crippen LogP contribution in [0.2, 0.25) is 0 Å². The Morgan fingerprint density at radius 1 is 1.29 bits per heavy atom. The molecule has 2 N–H and O–H groups in total. The maximum atomic E-state index is 13.1. The number of fused-ring (bicyclic) bond motifs is 3. The summed E-state index contributed by atoms with van der Waals surface area (Å²) in [6.07, 6.45) is 6.14. The van der Waals surface area contributed by atoms with Gasteiger partial charge >= 0.3 is 0 Å². The van der Waals surface area contributed by atoms with E-state index < -0.39 is 0 Å². The zero-order valence-electron chi connectivity index (χ0n) is 16.0. The van der Waals surface area contributed by atoms with Crippen molar-refractivity contribution in [1.29, 1.82) is 0 Å². The molecular weight excluding hydrogens is 360 g/mol. The Morgan fingerprint density at radius 2 is 2.04 bits per heavy atom. The number of piperazine rings is 1. The smallest absolute Gasteiger partial charge is 0.290 e. The molecule has 2 atom stereocenters. The number of likely N-dealkylation sites (tertiary alicyclic amines) is 2. The standard InChI is InChI=1S/C19H24N4O2.CH2O2/c1-22-10-13-8-12(22)11-23(13)19(24)18-16-9-15(6-7-17(16)20-21-18)25-14-4-2-3-5-14;2-1-3/h6-7,9,12-14H,2-5,8,10-11H2,1H3,(H,20,21);1H,(H,2,3)/t12-,13-;/m0./s1. The predicted octanol–water partition coefficient (Wildman–Crippen LogP) is 2.11. The molecule has 8 nitrogen and oxygen atoms in total. The van der Waals surface area contributed by atoms with E-state index in [0.717, 1.165) is 49.0 Å². The van der Waals surface area contributed by atoms with E-state index in [-0.39, 0.29) is 12.4 Å². The van der Waals surface area contributed by atoms with Gasteiger partial charge in [0.25, 0.3) is 12.4 Å². The molecule has 3 aliphatic rings. The summed E-state index contributed by atoms with van der Waals surface area (Å²) in [5.41, 5.74) is 1.42. The lowest BCUT2D eigenvalue weighted by Gasteiger charge is -2.31. The van der Waals surface area contributed by atoms with Gasteiger partial charge < -0.3 is 14.7 Å². The molecule has 1 aromatic carbocycles. The minimum atomic E-state index is -0.250. The quantitative estimate of drug-likeness (QED) is 0.784. The molecular formula is C20H26N4O4. The number of H-pyrrole nitrogens is 1. The summed E-state index contributed by atoms with van der Waals surface area (Å²) in [6, 6.07) is 6.74. The molecule has 0 spiro atoms. The molecule has 2 aliphatic heterocycles. The second-order valence-electron chi connectivity index (χ2n) is 7.85. The Labute approximate surface area is 163 Å². The summed E-state index contributed by atoms with van der Waals surface area (Å²) in [6.45, 7) is 1.53. The fourth-order valence-electron chi connectivity index (χ4n) is 4.68. The van der Waals surface area contributed by atoms with Gasteiger partial charge in [-0.1, -0.05) is 0 Å². The maximum Gasteiger partial charge on any atom is 0.290 e. The van der Waals surface area contributed by atoms with E-state index in [9.17, 15) is 4.79 Å². The first-order chi connectivity index (χ1) is 13.6. The highest BCUT2D eigenvalue weighted by Gasteiger charge is 2.44. The number of carbonyl (C=O) groups is 2. The summed E-state index contributed by atoms with van der Waals surface area (Å²) in [5, 5.41) is 15.1. The number of hydrogen-bond donors (Lipinski definition) is 2. The second-order valence-corrected chi connectivity index (χ2v) is 7.85. The monoisotopic (exact) mass is 386 g/mol. The topological polar surface area (TPSA) is 98.8 Å². The number of nitrogens with one attached hydrogen (secondary N) is 1. The lowest BCUT2D eigenvalue weighted by Crippen LogP contribution is -2.47. The van der Waals surface area contributed by atoms with Gasteiger partial charge in [-0.3, -0.25) is 19.6 Å². The molecule has 2 saturated heterocycles. The predicted molar refractivity (Wildman–Crippen MR) is 104 cm³/mol. The number of benzene rings is 1. The van der Waals surface area contributed by atoms with Crippen molar-refractivity contribution in [2.45, 2.75) is 50.3 Å². The summed E-state index contributed by atoms with van der Waals surface area (Å²) in [7, 11) is 2.14. The highest BCUT2D eigenvalue weighted by atomic mass is 16.5. The van der Waals surface area contributed by atoms with E-state index in [1.165, 1.54) is 12.8 Å². The normalized spacial score (nSPS) is 24.4. The van der Waals surface area contributed by atoms with Crippen molar-refractivity contribution in [3.8, 4) is 5.75 Å². The lowest BCUT2D eigenvalue weighted by atomic mass is 10.1. The van der Waals surface area contributed by atoms with Crippen molar-refractivity contribution in [2.24, 2.45) is 0 Å². The van der Waals surface area contributed by atoms with Gasteiger partial charge in [0.1, 0.15) is 5.75 Å². The minimum Gasteiger partial charge on any atom is -0.490 e. The SMILES string of the molecule is CN1C[C@@H]2C[C@H]1CN2C(=O)c1n[nH]c2ccc(OC3CCCC3)cc12.O=CO. The van der Waals surface area contributed by atoms with Crippen molar-refractivity contribution in [1.82, 2.24) is 20.0 Å². The number of ether oxygens (including phenoxy) is 1. The average molecular weight is 386 g/mol. The number of rotatable bonds is 3. The molecule has 8 heteroatoms. The number of aromatic amines is 1. The molecule has 2 bridgehead atoms. The number of hydrogen-bond acceptors (Lipinski definition) is 5. The molecule has 1 amide bonds.